The van der Waals surface area contributed by atoms with E-state index in [0.29, 0.717) is 41.9 Å². The van der Waals surface area contributed by atoms with Gasteiger partial charge in [0, 0.05) is 43.2 Å². The lowest BCUT2D eigenvalue weighted by Gasteiger charge is -2.15. The van der Waals surface area contributed by atoms with Crippen molar-refractivity contribution in [2.75, 3.05) is 25.0 Å². The second-order valence-corrected chi connectivity index (χ2v) is 8.09. The molecule has 1 saturated heterocycles. The van der Waals surface area contributed by atoms with Gasteiger partial charge in [0.1, 0.15) is 5.52 Å². The number of rotatable bonds is 8. The van der Waals surface area contributed by atoms with E-state index in [2.05, 4.69) is 30.6 Å². The van der Waals surface area contributed by atoms with Crippen molar-refractivity contribution in [1.82, 2.24) is 30.2 Å². The zero-order valence-corrected chi connectivity index (χ0v) is 17.2. The summed E-state index contributed by atoms with van der Waals surface area (Å²) < 4.78 is 0. The van der Waals surface area contributed by atoms with Crippen LogP contribution in [0.5, 0.6) is 0 Å². The predicted molar refractivity (Wildman–Crippen MR) is 117 cm³/mol. The maximum atomic E-state index is 12.2. The SMILES string of the molecule is O=C(NC1CC1)c1ccc(-c2nc(NCCCN3CCCC3=O)c3[nH]cnc3n2)cc1. The maximum Gasteiger partial charge on any atom is 0.251 e. The van der Waals surface area contributed by atoms with Crippen molar-refractivity contribution in [3.8, 4) is 11.4 Å². The van der Waals surface area contributed by atoms with Gasteiger partial charge in [0.05, 0.1) is 6.33 Å². The molecule has 5 rings (SSSR count). The number of nitrogens with zero attached hydrogens (tertiary/aromatic N) is 4. The lowest BCUT2D eigenvalue weighted by atomic mass is 10.1. The van der Waals surface area contributed by atoms with E-state index in [9.17, 15) is 9.59 Å². The summed E-state index contributed by atoms with van der Waals surface area (Å²) in [5.41, 5.74) is 2.78. The van der Waals surface area contributed by atoms with Crippen LogP contribution in [-0.4, -0.2) is 62.3 Å². The van der Waals surface area contributed by atoms with Crippen LogP contribution in [0.1, 0.15) is 42.5 Å². The summed E-state index contributed by atoms with van der Waals surface area (Å²) in [6.45, 7) is 2.30. The normalized spacial score (nSPS) is 16.1. The van der Waals surface area contributed by atoms with Crippen molar-refractivity contribution >= 4 is 28.8 Å². The Morgan fingerprint density at radius 2 is 2.03 bits per heavy atom. The third-order valence-corrected chi connectivity index (χ3v) is 5.67. The number of hydrogen-bond acceptors (Lipinski definition) is 6. The van der Waals surface area contributed by atoms with Gasteiger partial charge in [0.15, 0.2) is 17.3 Å². The summed E-state index contributed by atoms with van der Waals surface area (Å²) >= 11 is 0. The lowest BCUT2D eigenvalue weighted by Crippen LogP contribution is -2.27. The molecule has 2 aliphatic rings. The highest BCUT2D eigenvalue weighted by atomic mass is 16.2. The van der Waals surface area contributed by atoms with Crippen molar-refractivity contribution in [2.24, 2.45) is 0 Å². The first-order chi connectivity index (χ1) is 15.2. The van der Waals surface area contributed by atoms with Gasteiger partial charge >= 0.3 is 0 Å². The van der Waals surface area contributed by atoms with Crippen LogP contribution in [0.3, 0.4) is 0 Å². The molecule has 0 bridgehead atoms. The number of aromatic nitrogens is 4. The molecule has 9 heteroatoms. The number of carbonyl (C=O) groups excluding carboxylic acids is 2. The molecule has 3 heterocycles. The van der Waals surface area contributed by atoms with Crippen molar-refractivity contribution in [2.45, 2.75) is 38.1 Å². The number of aromatic amines is 1. The second-order valence-electron chi connectivity index (χ2n) is 8.09. The quantitative estimate of drug-likeness (QED) is 0.483. The molecular formula is C22H25N7O2. The number of imidazole rings is 1. The first-order valence-corrected chi connectivity index (χ1v) is 10.8. The Balaban J connectivity index is 1.29. The first kappa shape index (κ1) is 19.5. The Morgan fingerprint density at radius 1 is 1.19 bits per heavy atom. The van der Waals surface area contributed by atoms with Gasteiger partial charge in [-0.1, -0.05) is 12.1 Å². The van der Waals surface area contributed by atoms with E-state index >= 15 is 0 Å². The molecule has 2 aromatic heterocycles. The third kappa shape index (κ3) is 4.35. The van der Waals surface area contributed by atoms with Crippen molar-refractivity contribution in [1.29, 1.82) is 0 Å². The van der Waals surface area contributed by atoms with Gasteiger partial charge in [-0.3, -0.25) is 9.59 Å². The van der Waals surface area contributed by atoms with E-state index < -0.39 is 0 Å². The molecular weight excluding hydrogens is 394 g/mol. The molecule has 1 aromatic carbocycles. The molecule has 3 N–H and O–H groups in total. The fraction of sp³-hybridized carbons (Fsp3) is 0.409. The van der Waals surface area contributed by atoms with Gasteiger partial charge in [-0.2, -0.15) is 0 Å². The summed E-state index contributed by atoms with van der Waals surface area (Å²) in [5, 5.41) is 6.35. The summed E-state index contributed by atoms with van der Waals surface area (Å²) in [6.07, 6.45) is 6.18. The molecule has 0 atom stereocenters. The molecule has 3 aromatic rings. The number of amides is 2. The van der Waals surface area contributed by atoms with Crippen molar-refractivity contribution in [3.63, 3.8) is 0 Å². The zero-order chi connectivity index (χ0) is 21.2. The van der Waals surface area contributed by atoms with Crippen LogP contribution in [0.15, 0.2) is 30.6 Å². The van der Waals surface area contributed by atoms with Gasteiger partial charge in [0.2, 0.25) is 5.91 Å². The molecule has 1 aliphatic carbocycles. The van der Waals surface area contributed by atoms with Crippen LogP contribution in [0.4, 0.5) is 5.82 Å². The van der Waals surface area contributed by atoms with Crippen LogP contribution in [0.25, 0.3) is 22.6 Å². The van der Waals surface area contributed by atoms with Crippen LogP contribution >= 0.6 is 0 Å². The average molecular weight is 419 g/mol. The minimum absolute atomic E-state index is 0.0449. The number of hydrogen-bond donors (Lipinski definition) is 3. The summed E-state index contributed by atoms with van der Waals surface area (Å²) in [6, 6.07) is 7.64. The molecule has 2 amide bonds. The van der Waals surface area contributed by atoms with E-state index in [1.807, 2.05) is 17.0 Å². The average Bonchev–Trinajstić information content (AvgIpc) is 3.29. The molecule has 0 unspecified atom stereocenters. The molecule has 0 radical (unpaired) electrons. The number of benzene rings is 1. The Kier molecular flexibility index (Phi) is 5.23. The minimum atomic E-state index is -0.0449. The molecule has 31 heavy (non-hydrogen) atoms. The number of H-pyrrole nitrogens is 1. The monoisotopic (exact) mass is 419 g/mol. The fourth-order valence-corrected chi connectivity index (χ4v) is 3.77. The number of carbonyl (C=O) groups is 2. The molecule has 2 fully saturated rings. The van der Waals surface area contributed by atoms with Crippen molar-refractivity contribution in [3.05, 3.63) is 36.2 Å². The van der Waals surface area contributed by atoms with E-state index in [4.69, 9.17) is 0 Å². The summed E-state index contributed by atoms with van der Waals surface area (Å²) in [7, 11) is 0. The molecule has 1 saturated carbocycles. The zero-order valence-electron chi connectivity index (χ0n) is 17.2. The highest BCUT2D eigenvalue weighted by Crippen LogP contribution is 2.24. The van der Waals surface area contributed by atoms with Crippen LogP contribution < -0.4 is 10.6 Å². The summed E-state index contributed by atoms with van der Waals surface area (Å²) in [5.74, 6) is 1.43. The number of likely N-dealkylation sites (tertiary alicyclic amines) is 1. The van der Waals surface area contributed by atoms with Crippen molar-refractivity contribution < 1.29 is 9.59 Å². The van der Waals surface area contributed by atoms with Gasteiger partial charge in [-0.05, 0) is 37.8 Å². The Morgan fingerprint density at radius 3 is 2.77 bits per heavy atom. The first-order valence-electron chi connectivity index (χ1n) is 10.8. The van der Waals surface area contributed by atoms with Gasteiger partial charge in [-0.15, -0.1) is 0 Å². The molecule has 0 spiro atoms. The Labute approximate surface area is 179 Å². The number of anilines is 1. The second kappa shape index (κ2) is 8.33. The van der Waals surface area contributed by atoms with E-state index in [0.717, 1.165) is 49.9 Å². The number of fused-ring (bicyclic) bond motifs is 1. The highest BCUT2D eigenvalue weighted by molar-refractivity contribution is 5.95. The van der Waals surface area contributed by atoms with E-state index in [-0.39, 0.29) is 11.8 Å². The minimum Gasteiger partial charge on any atom is -0.368 e. The molecule has 1 aliphatic heterocycles. The standard InChI is InChI=1S/C22H25N7O2/c30-17-3-1-11-29(17)12-2-10-23-20-18-21(25-13-24-18)28-19(27-20)14-4-6-15(7-5-14)22(31)26-16-8-9-16/h4-7,13,16H,1-3,8-12H2,(H,26,31)(H2,23,24,25,27,28). The smallest absolute Gasteiger partial charge is 0.251 e. The van der Waals surface area contributed by atoms with Gasteiger partial charge < -0.3 is 20.5 Å². The topological polar surface area (TPSA) is 116 Å². The molecule has 9 nitrogen and oxygen atoms in total. The lowest BCUT2D eigenvalue weighted by molar-refractivity contribution is -0.127. The fourth-order valence-electron chi connectivity index (χ4n) is 3.77. The summed E-state index contributed by atoms with van der Waals surface area (Å²) in [4.78, 5) is 42.5. The maximum absolute atomic E-state index is 12.2. The van der Waals surface area contributed by atoms with E-state index in [1.54, 1.807) is 18.5 Å². The van der Waals surface area contributed by atoms with Crippen LogP contribution in [0, 0.1) is 0 Å². The predicted octanol–water partition coefficient (Wildman–Crippen LogP) is 2.34. The highest BCUT2D eigenvalue weighted by Gasteiger charge is 2.24. The Bertz CT molecular complexity index is 1100. The largest absolute Gasteiger partial charge is 0.368 e. The van der Waals surface area contributed by atoms with E-state index in [1.165, 1.54) is 0 Å². The van der Waals surface area contributed by atoms with Gasteiger partial charge in [-0.25, -0.2) is 15.0 Å². The third-order valence-electron chi connectivity index (χ3n) is 5.67. The molecule has 160 valence electrons. The van der Waals surface area contributed by atoms with Gasteiger partial charge in [0.25, 0.3) is 5.91 Å². The van der Waals surface area contributed by atoms with Crippen LogP contribution in [-0.2, 0) is 4.79 Å². The number of nitrogens with one attached hydrogen (secondary N) is 3. The Hall–Kier alpha value is -3.49. The van der Waals surface area contributed by atoms with Crippen LogP contribution in [0.2, 0.25) is 0 Å².